The van der Waals surface area contributed by atoms with Crippen molar-refractivity contribution in [2.75, 3.05) is 0 Å². The molecule has 0 bridgehead atoms. The van der Waals surface area contributed by atoms with Crippen LogP contribution in [0.5, 0.6) is 0 Å². The third-order valence-corrected chi connectivity index (χ3v) is 4.62. The SMILES string of the molecule is O=C([O-])c1sc2cc(F)ccc2c1-c1cc(F)cc(F)c1Cl. The Labute approximate surface area is 131 Å². The first kappa shape index (κ1) is 14.9. The topological polar surface area (TPSA) is 40.1 Å². The van der Waals surface area contributed by atoms with Gasteiger partial charge in [0.1, 0.15) is 17.5 Å². The van der Waals surface area contributed by atoms with Gasteiger partial charge >= 0.3 is 0 Å². The maximum absolute atomic E-state index is 13.6. The highest BCUT2D eigenvalue weighted by Gasteiger charge is 2.20. The van der Waals surface area contributed by atoms with Crippen LogP contribution in [0.3, 0.4) is 0 Å². The van der Waals surface area contributed by atoms with E-state index >= 15 is 0 Å². The zero-order chi connectivity index (χ0) is 16.0. The first-order chi connectivity index (χ1) is 10.4. The molecule has 0 atom stereocenters. The van der Waals surface area contributed by atoms with Crippen LogP contribution in [0.15, 0.2) is 30.3 Å². The van der Waals surface area contributed by atoms with Crippen molar-refractivity contribution in [1.82, 2.24) is 0 Å². The van der Waals surface area contributed by atoms with Gasteiger partial charge in [0.2, 0.25) is 0 Å². The lowest BCUT2D eigenvalue weighted by Gasteiger charge is -2.09. The highest BCUT2D eigenvalue weighted by atomic mass is 35.5. The third-order valence-electron chi connectivity index (χ3n) is 3.10. The van der Waals surface area contributed by atoms with E-state index in [1.54, 1.807) is 0 Å². The summed E-state index contributed by atoms with van der Waals surface area (Å²) < 4.78 is 40.7. The van der Waals surface area contributed by atoms with Crippen molar-refractivity contribution >= 4 is 39.0 Å². The molecule has 1 heterocycles. The molecule has 0 amide bonds. The van der Waals surface area contributed by atoms with Crippen LogP contribution in [0.1, 0.15) is 9.67 Å². The predicted molar refractivity (Wildman–Crippen MR) is 76.5 cm³/mol. The molecule has 0 radical (unpaired) electrons. The molecule has 0 fully saturated rings. The van der Waals surface area contributed by atoms with E-state index in [4.69, 9.17) is 11.6 Å². The van der Waals surface area contributed by atoms with E-state index < -0.39 is 28.4 Å². The Balaban J connectivity index is 2.44. The minimum atomic E-state index is -1.53. The summed E-state index contributed by atoms with van der Waals surface area (Å²) in [7, 11) is 0. The Morgan fingerprint density at radius 1 is 1.09 bits per heavy atom. The van der Waals surface area contributed by atoms with Gasteiger partial charge in [-0.15, -0.1) is 11.3 Å². The molecule has 0 aliphatic carbocycles. The number of carboxylic acids is 1. The summed E-state index contributed by atoms with van der Waals surface area (Å²) >= 11 is 6.60. The lowest BCUT2D eigenvalue weighted by atomic mass is 10.0. The van der Waals surface area contributed by atoms with Crippen molar-refractivity contribution in [3.05, 3.63) is 57.7 Å². The van der Waals surface area contributed by atoms with Crippen LogP contribution >= 0.6 is 22.9 Å². The predicted octanol–water partition coefficient (Wildman–Crippen LogP) is 4.00. The van der Waals surface area contributed by atoms with E-state index in [-0.39, 0.29) is 16.0 Å². The fourth-order valence-electron chi connectivity index (χ4n) is 2.22. The lowest BCUT2D eigenvalue weighted by Crippen LogP contribution is -2.21. The molecule has 0 spiro atoms. The molecule has 0 saturated heterocycles. The summed E-state index contributed by atoms with van der Waals surface area (Å²) in [6.07, 6.45) is 0. The van der Waals surface area contributed by atoms with Gasteiger partial charge in [-0.2, -0.15) is 0 Å². The standard InChI is InChI=1S/C15H6ClF3O2S/c16-13-9(3-7(18)4-10(13)19)12-8-2-1-6(17)5-11(8)22-14(12)15(20)21/h1-5H,(H,20,21)/p-1. The molecular weight excluding hydrogens is 337 g/mol. The van der Waals surface area contributed by atoms with Gasteiger partial charge in [0.25, 0.3) is 0 Å². The van der Waals surface area contributed by atoms with Gasteiger partial charge in [-0.3, -0.25) is 0 Å². The number of carbonyl (C=O) groups excluding carboxylic acids is 1. The number of benzene rings is 2. The van der Waals surface area contributed by atoms with Crippen molar-refractivity contribution in [3.8, 4) is 11.1 Å². The van der Waals surface area contributed by atoms with Crippen LogP contribution in [-0.4, -0.2) is 5.97 Å². The maximum atomic E-state index is 13.6. The molecule has 0 N–H and O–H groups in total. The molecule has 2 nitrogen and oxygen atoms in total. The minimum Gasteiger partial charge on any atom is -0.544 e. The Kier molecular flexibility index (Phi) is 3.58. The lowest BCUT2D eigenvalue weighted by molar-refractivity contribution is -0.254. The number of hydrogen-bond acceptors (Lipinski definition) is 3. The van der Waals surface area contributed by atoms with Gasteiger partial charge < -0.3 is 9.90 Å². The summed E-state index contributed by atoms with van der Waals surface area (Å²) in [6.45, 7) is 0. The molecule has 112 valence electrons. The molecule has 0 unspecified atom stereocenters. The Morgan fingerprint density at radius 2 is 1.82 bits per heavy atom. The van der Waals surface area contributed by atoms with Gasteiger partial charge in [-0.25, -0.2) is 13.2 Å². The minimum absolute atomic E-state index is 0.0170. The van der Waals surface area contributed by atoms with Crippen LogP contribution in [0.25, 0.3) is 21.2 Å². The largest absolute Gasteiger partial charge is 0.544 e. The van der Waals surface area contributed by atoms with E-state index in [1.807, 2.05) is 0 Å². The fraction of sp³-hybridized carbons (Fsp3) is 0. The van der Waals surface area contributed by atoms with Gasteiger partial charge in [-0.1, -0.05) is 11.6 Å². The maximum Gasteiger partial charge on any atom is 0.145 e. The molecule has 22 heavy (non-hydrogen) atoms. The molecule has 0 saturated carbocycles. The van der Waals surface area contributed by atoms with E-state index in [0.29, 0.717) is 16.2 Å². The highest BCUT2D eigenvalue weighted by Crippen LogP contribution is 2.42. The van der Waals surface area contributed by atoms with Crippen molar-refractivity contribution in [2.45, 2.75) is 0 Å². The number of halogens is 4. The van der Waals surface area contributed by atoms with Crippen LogP contribution in [0.4, 0.5) is 13.2 Å². The Hall–Kier alpha value is -2.05. The molecule has 3 aromatic rings. The van der Waals surface area contributed by atoms with Crippen LogP contribution in [0.2, 0.25) is 5.02 Å². The number of carboxylic acid groups (broad SMARTS) is 1. The van der Waals surface area contributed by atoms with Crippen molar-refractivity contribution < 1.29 is 23.1 Å². The zero-order valence-corrected chi connectivity index (χ0v) is 12.2. The number of aromatic carboxylic acids is 1. The van der Waals surface area contributed by atoms with E-state index in [9.17, 15) is 23.1 Å². The second-order valence-corrected chi connectivity index (χ2v) is 5.91. The number of hydrogen-bond donors (Lipinski definition) is 0. The van der Waals surface area contributed by atoms with Gasteiger partial charge in [0, 0.05) is 27.3 Å². The molecule has 1 aromatic heterocycles. The summed E-state index contributed by atoms with van der Waals surface area (Å²) in [5.41, 5.74) is -0.0976. The number of rotatable bonds is 2. The average Bonchev–Trinajstić information content (AvgIpc) is 2.81. The van der Waals surface area contributed by atoms with Crippen molar-refractivity contribution in [2.24, 2.45) is 0 Å². The number of carbonyl (C=O) groups is 1. The van der Waals surface area contributed by atoms with E-state index in [2.05, 4.69) is 0 Å². The normalized spacial score (nSPS) is 11.1. The molecule has 2 aromatic carbocycles. The van der Waals surface area contributed by atoms with Gasteiger partial charge in [0.05, 0.1) is 15.9 Å². The average molecular weight is 342 g/mol. The number of thiophene rings is 1. The molecular formula is C15H5ClF3O2S-. The molecule has 0 aliphatic heterocycles. The molecule has 7 heteroatoms. The first-order valence-electron chi connectivity index (χ1n) is 5.97. The van der Waals surface area contributed by atoms with Crippen molar-refractivity contribution in [1.29, 1.82) is 0 Å². The fourth-order valence-corrected chi connectivity index (χ4v) is 3.50. The van der Waals surface area contributed by atoms with Crippen molar-refractivity contribution in [3.63, 3.8) is 0 Å². The highest BCUT2D eigenvalue weighted by molar-refractivity contribution is 7.21. The summed E-state index contributed by atoms with van der Waals surface area (Å²) in [5.74, 6) is -4.00. The second kappa shape index (κ2) is 5.30. The van der Waals surface area contributed by atoms with Gasteiger partial charge in [-0.05, 0) is 24.3 Å². The smallest absolute Gasteiger partial charge is 0.145 e. The second-order valence-electron chi connectivity index (χ2n) is 4.48. The monoisotopic (exact) mass is 341 g/mol. The van der Waals surface area contributed by atoms with Gasteiger partial charge in [0.15, 0.2) is 0 Å². The summed E-state index contributed by atoms with van der Waals surface area (Å²) in [6, 6.07) is 5.13. The van der Waals surface area contributed by atoms with Crippen LogP contribution < -0.4 is 5.11 Å². The Bertz CT molecular complexity index is 921. The summed E-state index contributed by atoms with van der Waals surface area (Å²) in [5, 5.41) is 11.2. The van der Waals surface area contributed by atoms with Crippen LogP contribution in [-0.2, 0) is 0 Å². The first-order valence-corrected chi connectivity index (χ1v) is 7.16. The summed E-state index contributed by atoms with van der Waals surface area (Å²) in [4.78, 5) is 11.0. The molecule has 3 rings (SSSR count). The number of fused-ring (bicyclic) bond motifs is 1. The Morgan fingerprint density at radius 3 is 2.50 bits per heavy atom. The quantitative estimate of drug-likeness (QED) is 0.661. The zero-order valence-electron chi connectivity index (χ0n) is 10.6. The van der Waals surface area contributed by atoms with E-state index in [0.717, 1.165) is 29.5 Å². The van der Waals surface area contributed by atoms with E-state index in [1.165, 1.54) is 6.07 Å². The molecule has 0 aliphatic rings. The third kappa shape index (κ3) is 2.34. The van der Waals surface area contributed by atoms with Crippen LogP contribution in [0, 0.1) is 17.5 Å².